The molecular formula is C22H25N3O3S. The van der Waals surface area contributed by atoms with Gasteiger partial charge in [-0.25, -0.2) is 9.78 Å². The Morgan fingerprint density at radius 1 is 1.21 bits per heavy atom. The monoisotopic (exact) mass is 411 g/mol. The highest BCUT2D eigenvalue weighted by molar-refractivity contribution is 8.00. The number of hydrogen-bond acceptors (Lipinski definition) is 5. The average Bonchev–Trinajstić information content (AvgIpc) is 3.24. The largest absolute Gasteiger partial charge is 0.465 e. The van der Waals surface area contributed by atoms with Crippen LogP contribution in [0, 0.1) is 27.7 Å². The topological polar surface area (TPSA) is 77.0 Å². The van der Waals surface area contributed by atoms with Crippen LogP contribution in [0.2, 0.25) is 0 Å². The number of hydrogen-bond donors (Lipinski definition) is 1. The van der Waals surface area contributed by atoms with Crippen molar-refractivity contribution >= 4 is 23.5 Å². The van der Waals surface area contributed by atoms with Gasteiger partial charge in [0, 0.05) is 18.1 Å². The first kappa shape index (κ1) is 20.9. The van der Waals surface area contributed by atoms with Gasteiger partial charge in [-0.2, -0.15) is 0 Å². The van der Waals surface area contributed by atoms with Crippen LogP contribution in [0.15, 0.2) is 35.7 Å². The van der Waals surface area contributed by atoms with Crippen molar-refractivity contribution in [1.29, 1.82) is 0 Å². The summed E-state index contributed by atoms with van der Waals surface area (Å²) in [4.78, 5) is 32.6. The van der Waals surface area contributed by atoms with Gasteiger partial charge < -0.3 is 9.72 Å². The van der Waals surface area contributed by atoms with E-state index >= 15 is 0 Å². The van der Waals surface area contributed by atoms with E-state index in [2.05, 4.69) is 42.0 Å². The third-order valence-corrected chi connectivity index (χ3v) is 6.02. The summed E-state index contributed by atoms with van der Waals surface area (Å²) in [5, 5.41) is 0.357. The highest BCUT2D eigenvalue weighted by atomic mass is 32.2. The number of benzene rings is 1. The molecule has 0 amide bonds. The lowest BCUT2D eigenvalue weighted by Gasteiger charge is -2.14. The molecule has 1 aromatic carbocycles. The highest BCUT2D eigenvalue weighted by Crippen LogP contribution is 2.29. The Bertz CT molecular complexity index is 1080. The number of rotatable bonds is 6. The Balaban J connectivity index is 1.87. The number of imidazole rings is 1. The zero-order valence-electron chi connectivity index (χ0n) is 17.5. The quantitative estimate of drug-likeness (QED) is 0.365. The Labute approximate surface area is 174 Å². The van der Waals surface area contributed by atoms with Gasteiger partial charge in [0.15, 0.2) is 10.9 Å². The summed E-state index contributed by atoms with van der Waals surface area (Å²) in [5.74, 6) is -0.526. The molecule has 0 aliphatic carbocycles. The van der Waals surface area contributed by atoms with Crippen LogP contribution >= 0.6 is 11.8 Å². The minimum atomic E-state index is -0.444. The molecule has 1 N–H and O–H groups in total. The number of nitrogens with zero attached hydrogens (tertiary/aromatic N) is 2. The Morgan fingerprint density at radius 2 is 1.93 bits per heavy atom. The second-order valence-electron chi connectivity index (χ2n) is 7.11. The maximum absolute atomic E-state index is 13.1. The average molecular weight is 412 g/mol. The van der Waals surface area contributed by atoms with Gasteiger partial charge in [-0.15, -0.1) is 0 Å². The molecule has 0 spiro atoms. The van der Waals surface area contributed by atoms with Crippen LogP contribution in [0.3, 0.4) is 0 Å². The Kier molecular flexibility index (Phi) is 5.98. The van der Waals surface area contributed by atoms with Crippen LogP contribution in [0.4, 0.5) is 0 Å². The summed E-state index contributed by atoms with van der Waals surface area (Å²) >= 11 is 1.39. The lowest BCUT2D eigenvalue weighted by Crippen LogP contribution is -2.16. The first-order valence-electron chi connectivity index (χ1n) is 9.34. The molecule has 3 rings (SSSR count). The summed E-state index contributed by atoms with van der Waals surface area (Å²) in [6.45, 7) is 9.49. The van der Waals surface area contributed by atoms with Crippen molar-refractivity contribution in [2.75, 3.05) is 7.11 Å². The highest BCUT2D eigenvalue weighted by Gasteiger charge is 2.27. The molecule has 29 heavy (non-hydrogen) atoms. The number of methoxy groups -OCH3 is 1. The second kappa shape index (κ2) is 8.29. The van der Waals surface area contributed by atoms with Crippen molar-refractivity contribution in [3.8, 4) is 5.69 Å². The molecule has 0 unspecified atom stereocenters. The molecule has 0 radical (unpaired) electrons. The molecule has 0 saturated heterocycles. The van der Waals surface area contributed by atoms with Gasteiger partial charge in [0.05, 0.1) is 29.3 Å². The molecule has 2 heterocycles. The van der Waals surface area contributed by atoms with E-state index in [1.54, 1.807) is 20.0 Å². The number of Topliss-reactive ketones (excluding diaryl/α,β-unsaturated/α-hetero) is 1. The van der Waals surface area contributed by atoms with E-state index in [-0.39, 0.29) is 11.0 Å². The first-order valence-corrected chi connectivity index (χ1v) is 10.2. The number of ketones is 1. The molecule has 1 atom stereocenters. The normalized spacial score (nSPS) is 12.1. The molecule has 3 aromatic rings. The molecule has 7 heteroatoms. The third kappa shape index (κ3) is 4.00. The predicted octanol–water partition coefficient (Wildman–Crippen LogP) is 4.58. The van der Waals surface area contributed by atoms with Gasteiger partial charge in [0.25, 0.3) is 0 Å². The fourth-order valence-corrected chi connectivity index (χ4v) is 4.39. The first-order chi connectivity index (χ1) is 13.7. The van der Waals surface area contributed by atoms with E-state index in [1.165, 1.54) is 24.4 Å². The summed E-state index contributed by atoms with van der Waals surface area (Å²) in [6, 6.07) is 6.24. The number of carbonyl (C=O) groups excluding carboxylic acids is 2. The zero-order valence-corrected chi connectivity index (χ0v) is 18.3. The van der Waals surface area contributed by atoms with Gasteiger partial charge in [0.1, 0.15) is 0 Å². The number of nitrogens with one attached hydrogen (secondary N) is 1. The molecular weight excluding hydrogens is 386 g/mol. The number of aryl methyl sites for hydroxylation is 3. The van der Waals surface area contributed by atoms with Crippen molar-refractivity contribution in [3.05, 3.63) is 64.2 Å². The third-order valence-electron chi connectivity index (χ3n) is 4.94. The van der Waals surface area contributed by atoms with Gasteiger partial charge in [-0.1, -0.05) is 29.5 Å². The van der Waals surface area contributed by atoms with Crippen LogP contribution in [0.5, 0.6) is 0 Å². The van der Waals surface area contributed by atoms with Gasteiger partial charge in [-0.3, -0.25) is 9.36 Å². The molecule has 2 aromatic heterocycles. The second-order valence-corrected chi connectivity index (χ2v) is 8.42. The van der Waals surface area contributed by atoms with Crippen LogP contribution < -0.4 is 0 Å². The van der Waals surface area contributed by atoms with Crippen LogP contribution in [0.1, 0.15) is 50.2 Å². The van der Waals surface area contributed by atoms with Gasteiger partial charge in [0.2, 0.25) is 0 Å². The summed E-state index contributed by atoms with van der Waals surface area (Å²) < 4.78 is 6.83. The van der Waals surface area contributed by atoms with E-state index in [4.69, 9.17) is 4.74 Å². The zero-order chi connectivity index (χ0) is 21.3. The molecule has 152 valence electrons. The fraction of sp³-hybridized carbons (Fsp3) is 0.318. The van der Waals surface area contributed by atoms with E-state index in [0.29, 0.717) is 22.5 Å². The van der Waals surface area contributed by atoms with Gasteiger partial charge in [-0.05, 0) is 51.8 Å². The van der Waals surface area contributed by atoms with Crippen LogP contribution in [0.25, 0.3) is 5.69 Å². The van der Waals surface area contributed by atoms with Crippen molar-refractivity contribution in [2.24, 2.45) is 0 Å². The molecule has 0 aliphatic rings. The van der Waals surface area contributed by atoms with E-state index < -0.39 is 5.97 Å². The Morgan fingerprint density at radius 3 is 2.59 bits per heavy atom. The maximum Gasteiger partial charge on any atom is 0.339 e. The summed E-state index contributed by atoms with van der Waals surface area (Å²) in [6.07, 6.45) is 3.63. The molecule has 0 saturated carbocycles. The minimum absolute atomic E-state index is 0.0825. The van der Waals surface area contributed by atoms with Gasteiger partial charge >= 0.3 is 5.97 Å². The number of thioether (sulfide) groups is 1. The smallest absolute Gasteiger partial charge is 0.339 e. The molecule has 0 fully saturated rings. The number of carbonyl (C=O) groups is 2. The number of esters is 1. The summed E-state index contributed by atoms with van der Waals surface area (Å²) in [7, 11) is 1.33. The fourth-order valence-electron chi connectivity index (χ4n) is 3.46. The van der Waals surface area contributed by atoms with Crippen LogP contribution in [-0.2, 0) is 4.74 Å². The molecule has 0 bridgehead atoms. The molecule has 0 aliphatic heterocycles. The number of aromatic amines is 1. The minimum Gasteiger partial charge on any atom is -0.465 e. The predicted molar refractivity (Wildman–Crippen MR) is 114 cm³/mol. The summed E-state index contributed by atoms with van der Waals surface area (Å²) in [5.41, 5.74) is 5.48. The van der Waals surface area contributed by atoms with Crippen molar-refractivity contribution < 1.29 is 14.3 Å². The lowest BCUT2D eigenvalue weighted by molar-refractivity contribution is 0.0599. The SMILES string of the molecule is COC(=O)c1c(C)[nH]c(C(=O)[C@@H](C)Sc2nccn2-c2ccc(C)cc2C)c1C. The lowest BCUT2D eigenvalue weighted by atomic mass is 10.1. The standard InChI is InChI=1S/C22H25N3O3S/c1-12-7-8-17(13(2)11-12)25-10-9-23-22(25)29-16(5)20(26)19-14(3)18(15(4)24-19)21(27)28-6/h7-11,16,24H,1-6H3/t16-/m1/s1. The van der Waals surface area contributed by atoms with Crippen molar-refractivity contribution in [1.82, 2.24) is 14.5 Å². The van der Waals surface area contributed by atoms with E-state index in [1.807, 2.05) is 17.7 Å². The number of aromatic nitrogens is 3. The van der Waals surface area contributed by atoms with Crippen LogP contribution in [-0.4, -0.2) is 38.6 Å². The van der Waals surface area contributed by atoms with Crippen molar-refractivity contribution in [2.45, 2.75) is 45.0 Å². The maximum atomic E-state index is 13.1. The number of ether oxygens (including phenoxy) is 1. The Hall–Kier alpha value is -2.80. The van der Waals surface area contributed by atoms with E-state index in [0.717, 1.165) is 16.4 Å². The van der Waals surface area contributed by atoms with Crippen molar-refractivity contribution in [3.63, 3.8) is 0 Å². The number of H-pyrrole nitrogens is 1. The van der Waals surface area contributed by atoms with E-state index in [9.17, 15) is 9.59 Å². The molecule has 6 nitrogen and oxygen atoms in total.